The van der Waals surface area contributed by atoms with Crippen LogP contribution in [0.4, 0.5) is 17.2 Å². The fraction of sp³-hybridized carbons (Fsp3) is 0.105. The Kier molecular flexibility index (Phi) is 4.66. The van der Waals surface area contributed by atoms with E-state index in [9.17, 15) is 8.42 Å². The van der Waals surface area contributed by atoms with Crippen molar-refractivity contribution in [2.75, 3.05) is 23.9 Å². The van der Waals surface area contributed by atoms with Crippen molar-refractivity contribution in [1.82, 2.24) is 4.98 Å². The van der Waals surface area contributed by atoms with Gasteiger partial charge in [-0.05, 0) is 48.5 Å². The molecule has 0 saturated carbocycles. The van der Waals surface area contributed by atoms with Crippen LogP contribution in [-0.4, -0.2) is 27.3 Å². The first kappa shape index (κ1) is 17.9. The lowest BCUT2D eigenvalue weighted by molar-refractivity contribution is 0.174. The smallest absolute Gasteiger partial charge is 0.263 e. The van der Waals surface area contributed by atoms with Gasteiger partial charge in [-0.3, -0.25) is 4.72 Å². The number of aromatic nitrogens is 1. The van der Waals surface area contributed by atoms with Crippen molar-refractivity contribution in [2.45, 2.75) is 4.90 Å². The van der Waals surface area contributed by atoms with Gasteiger partial charge in [-0.15, -0.1) is 0 Å². The van der Waals surface area contributed by atoms with E-state index < -0.39 is 10.0 Å². The van der Waals surface area contributed by atoms with E-state index in [0.29, 0.717) is 22.9 Å². The average molecular weight is 399 g/mol. The van der Waals surface area contributed by atoms with Gasteiger partial charge in [-0.25, -0.2) is 13.4 Å². The van der Waals surface area contributed by atoms with E-state index in [2.05, 4.69) is 15.0 Å². The van der Waals surface area contributed by atoms with E-state index in [-0.39, 0.29) is 17.5 Å². The molecule has 2 aromatic carbocycles. The Morgan fingerprint density at radius 1 is 0.964 bits per heavy atom. The molecule has 2 N–H and O–H groups in total. The number of benzene rings is 2. The summed E-state index contributed by atoms with van der Waals surface area (Å²) < 4.78 is 43.0. The first-order valence-electron chi connectivity index (χ1n) is 8.33. The summed E-state index contributed by atoms with van der Waals surface area (Å²) >= 11 is 0. The molecule has 0 radical (unpaired) electrons. The molecule has 4 rings (SSSR count). The maximum Gasteiger partial charge on any atom is 0.263 e. The van der Waals surface area contributed by atoms with Gasteiger partial charge in [-0.2, -0.15) is 0 Å². The number of pyridine rings is 1. The molecule has 2 heterocycles. The second kappa shape index (κ2) is 7.28. The lowest BCUT2D eigenvalue weighted by Crippen LogP contribution is -2.13. The van der Waals surface area contributed by atoms with Crippen molar-refractivity contribution in [3.8, 4) is 17.2 Å². The van der Waals surface area contributed by atoms with Gasteiger partial charge in [0.05, 0.1) is 23.9 Å². The van der Waals surface area contributed by atoms with Gasteiger partial charge < -0.3 is 19.5 Å². The fourth-order valence-corrected chi connectivity index (χ4v) is 3.63. The van der Waals surface area contributed by atoms with E-state index in [4.69, 9.17) is 14.2 Å². The van der Waals surface area contributed by atoms with Crippen LogP contribution < -0.4 is 24.2 Å². The normalized spacial score (nSPS) is 12.5. The number of ether oxygens (including phenoxy) is 3. The lowest BCUT2D eigenvalue weighted by atomic mass is 10.2. The highest BCUT2D eigenvalue weighted by Crippen LogP contribution is 2.35. The maximum absolute atomic E-state index is 12.5. The largest absolute Gasteiger partial charge is 0.497 e. The molecular formula is C19H17N3O5S. The van der Waals surface area contributed by atoms with Crippen LogP contribution in [-0.2, 0) is 10.0 Å². The number of nitrogens with zero attached hydrogens (tertiary/aromatic N) is 1. The Morgan fingerprint density at radius 3 is 2.43 bits per heavy atom. The summed E-state index contributed by atoms with van der Waals surface area (Å²) in [5.74, 6) is 2.16. The van der Waals surface area contributed by atoms with E-state index in [1.807, 2.05) is 18.2 Å². The molecule has 0 atom stereocenters. The third kappa shape index (κ3) is 3.79. The standard InChI is InChI=1S/C19H17N3O5S/c1-25-15-4-6-16(7-5-15)28(23,24)22-19-9-3-14(11-20-19)21-13-2-8-17-18(10-13)27-12-26-17/h2-11,21H,12H2,1H3,(H,20,22). The van der Waals surface area contributed by atoms with Crippen LogP contribution in [0.3, 0.4) is 0 Å². The number of anilines is 3. The molecule has 0 spiro atoms. The van der Waals surface area contributed by atoms with Gasteiger partial charge in [0.1, 0.15) is 11.6 Å². The molecule has 0 bridgehead atoms. The molecule has 0 saturated heterocycles. The quantitative estimate of drug-likeness (QED) is 0.656. The number of fused-ring (bicyclic) bond motifs is 1. The number of methoxy groups -OCH3 is 1. The Hall–Kier alpha value is -3.46. The van der Waals surface area contributed by atoms with Crippen LogP contribution in [0.1, 0.15) is 0 Å². The number of nitrogens with one attached hydrogen (secondary N) is 2. The Labute approximate surface area is 162 Å². The Balaban J connectivity index is 1.45. The zero-order valence-corrected chi connectivity index (χ0v) is 15.7. The fourth-order valence-electron chi connectivity index (χ4n) is 2.62. The third-order valence-corrected chi connectivity index (χ3v) is 5.40. The molecule has 1 aromatic heterocycles. The number of sulfonamides is 1. The van der Waals surface area contributed by atoms with Crippen molar-refractivity contribution < 1.29 is 22.6 Å². The predicted molar refractivity (Wildman–Crippen MR) is 104 cm³/mol. The van der Waals surface area contributed by atoms with Gasteiger partial charge in [0.25, 0.3) is 10.0 Å². The van der Waals surface area contributed by atoms with Crippen molar-refractivity contribution in [1.29, 1.82) is 0 Å². The molecule has 3 aromatic rings. The first-order valence-corrected chi connectivity index (χ1v) is 9.81. The zero-order valence-electron chi connectivity index (χ0n) is 14.9. The first-order chi connectivity index (χ1) is 13.5. The number of hydrogen-bond donors (Lipinski definition) is 2. The van der Waals surface area contributed by atoms with Gasteiger partial charge in [0, 0.05) is 11.8 Å². The van der Waals surface area contributed by atoms with Crippen LogP contribution in [0.2, 0.25) is 0 Å². The lowest BCUT2D eigenvalue weighted by Gasteiger charge is -2.10. The summed E-state index contributed by atoms with van der Waals surface area (Å²) in [4.78, 5) is 4.28. The van der Waals surface area contributed by atoms with Gasteiger partial charge in [0.15, 0.2) is 11.5 Å². The average Bonchev–Trinajstić information content (AvgIpc) is 3.17. The third-order valence-electron chi connectivity index (χ3n) is 4.03. The minimum atomic E-state index is -3.74. The number of rotatable bonds is 6. The predicted octanol–water partition coefficient (Wildman–Crippen LogP) is 3.36. The molecule has 9 heteroatoms. The van der Waals surface area contributed by atoms with Crippen LogP contribution >= 0.6 is 0 Å². The summed E-state index contributed by atoms with van der Waals surface area (Å²) in [6, 6.07) is 14.9. The van der Waals surface area contributed by atoms with Crippen molar-refractivity contribution in [3.63, 3.8) is 0 Å². The van der Waals surface area contributed by atoms with Crippen LogP contribution in [0.5, 0.6) is 17.2 Å². The summed E-state index contributed by atoms with van der Waals surface area (Å²) in [5.41, 5.74) is 1.50. The van der Waals surface area contributed by atoms with E-state index in [1.54, 1.807) is 24.3 Å². The molecule has 8 nitrogen and oxygen atoms in total. The second-order valence-electron chi connectivity index (χ2n) is 5.91. The molecule has 144 valence electrons. The van der Waals surface area contributed by atoms with Crippen LogP contribution in [0, 0.1) is 0 Å². The topological polar surface area (TPSA) is 98.8 Å². The summed E-state index contributed by atoms with van der Waals surface area (Å²) in [6.07, 6.45) is 1.54. The van der Waals surface area contributed by atoms with Crippen LogP contribution in [0.25, 0.3) is 0 Å². The van der Waals surface area contributed by atoms with Gasteiger partial charge in [0.2, 0.25) is 6.79 Å². The molecule has 0 aliphatic carbocycles. The van der Waals surface area contributed by atoms with E-state index in [1.165, 1.54) is 25.4 Å². The van der Waals surface area contributed by atoms with Gasteiger partial charge >= 0.3 is 0 Å². The molecular weight excluding hydrogens is 382 g/mol. The molecule has 1 aliphatic heterocycles. The highest BCUT2D eigenvalue weighted by Gasteiger charge is 2.15. The van der Waals surface area contributed by atoms with Crippen molar-refractivity contribution in [2.24, 2.45) is 0 Å². The Morgan fingerprint density at radius 2 is 1.71 bits per heavy atom. The van der Waals surface area contributed by atoms with Crippen LogP contribution in [0.15, 0.2) is 65.7 Å². The minimum Gasteiger partial charge on any atom is -0.497 e. The van der Waals surface area contributed by atoms with Crippen molar-refractivity contribution >= 4 is 27.2 Å². The van der Waals surface area contributed by atoms with Crippen molar-refractivity contribution in [3.05, 3.63) is 60.8 Å². The minimum absolute atomic E-state index is 0.123. The van der Waals surface area contributed by atoms with E-state index in [0.717, 1.165) is 5.69 Å². The molecule has 0 fully saturated rings. The summed E-state index contributed by atoms with van der Waals surface area (Å²) in [7, 11) is -2.22. The maximum atomic E-state index is 12.5. The SMILES string of the molecule is COc1ccc(S(=O)(=O)Nc2ccc(Nc3ccc4c(c3)OCO4)cn2)cc1. The second-order valence-corrected chi connectivity index (χ2v) is 7.59. The summed E-state index contributed by atoms with van der Waals surface area (Å²) in [5, 5.41) is 3.18. The van der Waals surface area contributed by atoms with E-state index >= 15 is 0 Å². The van der Waals surface area contributed by atoms with Gasteiger partial charge in [-0.1, -0.05) is 0 Å². The molecule has 1 aliphatic rings. The molecule has 0 unspecified atom stereocenters. The number of hydrogen-bond acceptors (Lipinski definition) is 7. The highest BCUT2D eigenvalue weighted by molar-refractivity contribution is 7.92. The zero-order chi connectivity index (χ0) is 19.6. The summed E-state index contributed by atoms with van der Waals surface area (Å²) in [6.45, 7) is 0.212. The Bertz CT molecular complexity index is 1080. The highest BCUT2D eigenvalue weighted by atomic mass is 32.2. The molecule has 0 amide bonds. The molecule has 28 heavy (non-hydrogen) atoms. The monoisotopic (exact) mass is 399 g/mol.